The molecule has 0 aliphatic rings. The molecule has 6 heavy (non-hydrogen) atoms. The molecule has 0 spiro atoms. The zero-order valence-corrected chi connectivity index (χ0v) is 5.92. The van der Waals surface area contributed by atoms with Crippen LogP contribution in [0.2, 0.25) is 0 Å². The zero-order chi connectivity index (χ0) is 2.71. The molecule has 4 radical (unpaired) electrons. The summed E-state index contributed by atoms with van der Waals surface area (Å²) in [5.41, 5.74) is 13.5. The van der Waals surface area contributed by atoms with Crippen LogP contribution in [0.3, 0.4) is 0 Å². The largest absolute Gasteiger partial charge is 1.00 e. The quantitative estimate of drug-likeness (QED) is 0.121. The van der Waals surface area contributed by atoms with Crippen LogP contribution in [0.1, 0.15) is 0 Å². The Morgan fingerprint density at radius 1 is 1.17 bits per heavy atom. The van der Waals surface area contributed by atoms with E-state index < -0.39 is 0 Å². The van der Waals surface area contributed by atoms with E-state index in [0.29, 0.717) is 0 Å². The minimum absolute atomic E-state index is 0. The normalized spacial score (nSPS) is 1.33. The first-order valence-electron chi connectivity index (χ1n) is 0.400. The second-order valence-electron chi connectivity index (χ2n) is 0.0894. The van der Waals surface area contributed by atoms with Crippen molar-refractivity contribution >= 4 is 8.41 Å². The summed E-state index contributed by atoms with van der Waals surface area (Å²) in [6.07, 6.45) is 0. The van der Waals surface area contributed by atoms with Crippen LogP contribution < -0.4 is 48.4 Å². The summed E-state index contributed by atoms with van der Waals surface area (Å²) >= 11 is 0. The van der Waals surface area contributed by atoms with Crippen LogP contribution >= 0.6 is 0 Å². The molecule has 0 fully saturated rings. The van der Waals surface area contributed by atoms with Crippen LogP contribution in [0.25, 0.3) is 16.0 Å². The van der Waals surface area contributed by atoms with Gasteiger partial charge in [-0.1, -0.05) is 0 Å². The van der Waals surface area contributed by atoms with Crippen molar-refractivity contribution in [2.75, 3.05) is 0 Å². The van der Waals surface area contributed by atoms with E-state index in [9.17, 15) is 0 Å². The summed E-state index contributed by atoms with van der Waals surface area (Å²) in [6, 6.07) is 0. The average molecular weight is 82.8 g/mol. The first-order valence-corrected chi connectivity index (χ1v) is 0.400. The van der Waals surface area contributed by atoms with E-state index in [0.717, 1.165) is 0 Å². The fourth-order valence-electron chi connectivity index (χ4n) is 0. The van der Waals surface area contributed by atoms with Gasteiger partial charge in [-0.15, -0.1) is 0 Å². The van der Waals surface area contributed by atoms with Gasteiger partial charge in [0.15, 0.2) is 0 Å². The Morgan fingerprint density at radius 2 is 1.17 bits per heavy atom. The van der Waals surface area contributed by atoms with Crippen LogP contribution in [0.4, 0.5) is 0 Å². The Bertz CT molecular complexity index is 31.8. The maximum atomic E-state index is 6.75. The van der Waals surface area contributed by atoms with E-state index in [-0.39, 0.29) is 56.8 Å². The van der Waals surface area contributed by atoms with Crippen LogP contribution in [0, 0.1) is 0 Å². The van der Waals surface area contributed by atoms with Crippen LogP contribution in [-0.2, 0) is 0 Å². The summed E-state index contributed by atoms with van der Waals surface area (Å²) in [7, 11) is 0. The molecule has 20 valence electrons. The van der Waals surface area contributed by atoms with E-state index >= 15 is 0 Å². The van der Waals surface area contributed by atoms with E-state index in [1.165, 1.54) is 4.91 Å². The van der Waals surface area contributed by atoms with Gasteiger partial charge in [-0.3, -0.25) is 4.91 Å². The molecular formula is BLiN3Na. The van der Waals surface area contributed by atoms with E-state index in [1.807, 2.05) is 0 Å². The Labute approximate surface area is 72.3 Å². The molecule has 0 aromatic heterocycles. The molecule has 0 rings (SSSR count). The van der Waals surface area contributed by atoms with E-state index in [2.05, 4.69) is 0 Å². The maximum Gasteiger partial charge on any atom is 1.00 e. The molecule has 0 amide bonds. The summed E-state index contributed by atoms with van der Waals surface area (Å²) in [6.45, 7) is 0. The van der Waals surface area contributed by atoms with Gasteiger partial charge in [-0.25, -0.2) is 0 Å². The van der Waals surface area contributed by atoms with Gasteiger partial charge in [0, 0.05) is 0 Å². The van der Waals surface area contributed by atoms with Gasteiger partial charge in [0.2, 0.25) is 0 Å². The molecule has 0 bridgehead atoms. The van der Waals surface area contributed by atoms with Crippen molar-refractivity contribution in [3.8, 4) is 0 Å². The van der Waals surface area contributed by atoms with Gasteiger partial charge < -0.3 is 19.5 Å². The number of hydrogen-bond donors (Lipinski definition) is 0. The van der Waals surface area contributed by atoms with E-state index in [1.54, 1.807) is 0 Å². The fourth-order valence-corrected chi connectivity index (χ4v) is 0. The Morgan fingerprint density at radius 3 is 1.17 bits per heavy atom. The minimum Gasteiger partial charge on any atom is -1.00 e. The van der Waals surface area contributed by atoms with Crippen molar-refractivity contribution in [2.24, 2.45) is 0 Å². The molecule has 0 saturated heterocycles. The Hall–Kier alpha value is 0.972. The fraction of sp³-hybridized carbons (Fsp3) is 0. The third kappa shape index (κ3) is 83.0. The van der Waals surface area contributed by atoms with Gasteiger partial charge >= 0.3 is 48.4 Å². The van der Waals surface area contributed by atoms with Crippen molar-refractivity contribution in [2.45, 2.75) is 0 Å². The molecule has 0 N–H and O–H groups in total. The van der Waals surface area contributed by atoms with Gasteiger partial charge in [0.1, 0.15) is 0 Å². The molecular weight excluding hydrogens is 82.8 g/mol. The summed E-state index contributed by atoms with van der Waals surface area (Å²) in [5, 5.41) is 0. The molecule has 6 heteroatoms. The number of nitrogens with zero attached hydrogens (tertiary/aromatic N) is 3. The predicted molar refractivity (Wildman–Crippen MR) is 15.8 cm³/mol. The summed E-state index contributed by atoms with van der Waals surface area (Å²) < 4.78 is 0. The van der Waals surface area contributed by atoms with Crippen LogP contribution in [0.15, 0.2) is 0 Å². The van der Waals surface area contributed by atoms with Crippen LogP contribution in [0.5, 0.6) is 0 Å². The smallest absolute Gasteiger partial charge is 1.00 e. The van der Waals surface area contributed by atoms with Gasteiger partial charge in [0.25, 0.3) is 0 Å². The van der Waals surface area contributed by atoms with Crippen molar-refractivity contribution < 1.29 is 48.4 Å². The molecule has 0 unspecified atom stereocenters. The Balaban J connectivity index is -0.00000000667. The first kappa shape index (κ1) is 28.1. The molecule has 0 aliphatic carbocycles. The van der Waals surface area contributed by atoms with Crippen LogP contribution in [-0.4, -0.2) is 8.41 Å². The second-order valence-corrected chi connectivity index (χ2v) is 0.0894. The third-order valence-electron chi connectivity index (χ3n) is 0. The minimum atomic E-state index is 0. The second kappa shape index (κ2) is 38.0. The van der Waals surface area contributed by atoms with Crippen molar-refractivity contribution in [3.63, 3.8) is 0 Å². The SMILES string of the molecule is [B-].[Li+].[N-]=[N+]=[N-].[Na+]. The number of rotatable bonds is 0. The monoisotopic (exact) mass is 83.0 g/mol. The zero-order valence-electron chi connectivity index (χ0n) is 3.92. The third-order valence-corrected chi connectivity index (χ3v) is 0. The summed E-state index contributed by atoms with van der Waals surface area (Å²) in [5.74, 6) is 0. The first-order chi connectivity index (χ1) is 1.41. The molecule has 0 aromatic carbocycles. The van der Waals surface area contributed by atoms with Crippen molar-refractivity contribution in [1.29, 1.82) is 0 Å². The molecule has 3 nitrogen and oxygen atoms in total. The Kier molecular flexibility index (Phi) is 178. The van der Waals surface area contributed by atoms with E-state index in [4.69, 9.17) is 11.1 Å². The molecule has 0 saturated carbocycles. The average Bonchev–Trinajstić information content (AvgIpc) is 0.918. The van der Waals surface area contributed by atoms with Gasteiger partial charge in [-0.2, -0.15) is 0 Å². The van der Waals surface area contributed by atoms with Crippen molar-refractivity contribution in [1.82, 2.24) is 0 Å². The molecule has 0 heterocycles. The van der Waals surface area contributed by atoms with Crippen molar-refractivity contribution in [3.05, 3.63) is 16.0 Å². The topological polar surface area (TPSA) is 58.7 Å². The number of hydrogen-bond acceptors (Lipinski definition) is 0. The molecule has 0 aromatic rings. The molecule has 0 aliphatic heterocycles. The van der Waals surface area contributed by atoms with Gasteiger partial charge in [-0.05, 0) is 0 Å². The summed E-state index contributed by atoms with van der Waals surface area (Å²) in [4.78, 5) is 1.50. The standard InChI is InChI=1S/B.Li.N3.Na/c;;1-3-2;/q-1;+1;-1;+1. The van der Waals surface area contributed by atoms with Gasteiger partial charge in [0.05, 0.1) is 0 Å². The predicted octanol–water partition coefficient (Wildman–Crippen LogP) is -5.51. The molecule has 0 atom stereocenters. The maximum absolute atomic E-state index is 6.75.